The van der Waals surface area contributed by atoms with Gasteiger partial charge in [0.2, 0.25) is 0 Å². The van der Waals surface area contributed by atoms with Crippen molar-refractivity contribution in [3.8, 4) is 0 Å². The zero-order chi connectivity index (χ0) is 19.8. The molecule has 0 saturated heterocycles. The molecule has 1 aromatic heterocycles. The Hall–Kier alpha value is -1.04. The van der Waals surface area contributed by atoms with Crippen molar-refractivity contribution in [1.82, 2.24) is 0 Å². The van der Waals surface area contributed by atoms with Crippen LogP contribution in [0.3, 0.4) is 0 Å². The number of alkyl halides is 6. The Morgan fingerprint density at radius 2 is 1.56 bits per heavy atom. The van der Waals surface area contributed by atoms with Gasteiger partial charge in [-0.3, -0.25) is 0 Å². The fraction of sp³-hybridized carbons (Fsp3) is 0.385. The number of rotatable bonds is 1. The van der Waals surface area contributed by atoms with Gasteiger partial charge in [0.15, 0.2) is 19.7 Å². The van der Waals surface area contributed by atoms with E-state index in [0.29, 0.717) is 20.0 Å². The maximum Gasteiger partial charge on any atom is 0.600 e. The number of benzene rings is 1. The van der Waals surface area contributed by atoms with Gasteiger partial charge >= 0.3 is 11.0 Å². The minimum atomic E-state index is -6.09. The molecule has 1 unspecified atom stereocenters. The van der Waals surface area contributed by atoms with Crippen molar-refractivity contribution in [3.63, 3.8) is 0 Å². The van der Waals surface area contributed by atoms with Crippen LogP contribution in [0.5, 0.6) is 0 Å². The second-order valence-corrected chi connectivity index (χ2v) is 8.83. The zero-order valence-corrected chi connectivity index (χ0v) is 15.0. The summed E-state index contributed by atoms with van der Waals surface area (Å²) in [5, 5.41) is 0.989. The summed E-state index contributed by atoms with van der Waals surface area (Å²) in [5.41, 5.74) is -9.88. The van der Waals surface area contributed by atoms with Gasteiger partial charge in [-0.05, 0) is 12.1 Å². The topological polar surface area (TPSA) is 57.2 Å². The first-order chi connectivity index (χ1) is 11.1. The van der Waals surface area contributed by atoms with Gasteiger partial charge in [-0.25, -0.2) is 8.42 Å². The predicted octanol–water partition coefficient (Wildman–Crippen LogP) is 5.89. The molecule has 12 heteroatoms. The van der Waals surface area contributed by atoms with Crippen LogP contribution in [0, 0.1) is 0 Å². The minimum Gasteiger partial charge on any atom is -0.741 e. The molecular weight excluding hydrogens is 418 g/mol. The molecule has 2 rings (SSSR count). The van der Waals surface area contributed by atoms with Crippen LogP contribution in [-0.2, 0) is 15.6 Å². The van der Waals surface area contributed by atoms with Gasteiger partial charge in [-0.2, -0.15) is 13.2 Å². The minimum absolute atomic E-state index is 0.119. The second-order valence-electron chi connectivity index (χ2n) is 5.04. The second kappa shape index (κ2) is 7.29. The average Bonchev–Trinajstić information content (AvgIpc) is 2.75. The van der Waals surface area contributed by atoms with Crippen LogP contribution < -0.4 is 0 Å². The standard InChI is InChI=1S/C12H11ClF3S.CHF3O3S/c1-7(2)10-5-8-3-4-9(13)6-11(8)17(10)12(14,15)16;2-1(3,4)8(5,6)7/h3-7H,1-2H3;(H,5,6,7)/q+1;/p-1. The molecule has 3 nitrogen and oxygen atoms in total. The zero-order valence-electron chi connectivity index (χ0n) is 12.6. The van der Waals surface area contributed by atoms with Crippen LogP contribution in [0.1, 0.15) is 24.6 Å². The molecular formula is C13H11ClF6O3S2. The van der Waals surface area contributed by atoms with Crippen LogP contribution >= 0.6 is 22.1 Å². The molecule has 142 valence electrons. The van der Waals surface area contributed by atoms with Crippen LogP contribution in [0.4, 0.5) is 26.3 Å². The first kappa shape index (κ1) is 22.0. The van der Waals surface area contributed by atoms with E-state index in [1.54, 1.807) is 32.0 Å². The van der Waals surface area contributed by atoms with Crippen molar-refractivity contribution in [2.75, 3.05) is 0 Å². The van der Waals surface area contributed by atoms with Crippen molar-refractivity contribution >= 4 is 42.3 Å². The Labute approximate surface area is 146 Å². The molecule has 0 N–H and O–H groups in total. The third-order valence-corrected chi connectivity index (χ3v) is 5.93. The van der Waals surface area contributed by atoms with Gasteiger partial charge in [-0.15, -0.1) is 13.2 Å². The maximum absolute atomic E-state index is 13.1. The SMILES string of the molecule is CC(C)c1cc2ccc(Cl)cc2[s+]1C(F)(F)F.O=S(=O)([O-])C(F)(F)F. The quantitative estimate of drug-likeness (QED) is 0.246. The van der Waals surface area contributed by atoms with Crippen molar-refractivity contribution < 1.29 is 39.3 Å². The lowest BCUT2D eigenvalue weighted by atomic mass is 10.1. The number of halogens is 7. The van der Waals surface area contributed by atoms with Crippen LogP contribution in [0.15, 0.2) is 24.3 Å². The lowest BCUT2D eigenvalue weighted by Gasteiger charge is -2.08. The van der Waals surface area contributed by atoms with Crippen molar-refractivity contribution in [1.29, 1.82) is 0 Å². The third kappa shape index (κ3) is 5.47. The van der Waals surface area contributed by atoms with Crippen LogP contribution in [-0.4, -0.2) is 18.5 Å². The molecule has 0 fully saturated rings. The van der Waals surface area contributed by atoms with Crippen LogP contribution in [0.25, 0.3) is 10.1 Å². The van der Waals surface area contributed by atoms with Gasteiger partial charge in [0.05, 0.1) is 10.5 Å². The molecule has 0 amide bonds. The number of hydrogen-bond donors (Lipinski definition) is 0. The summed E-state index contributed by atoms with van der Waals surface area (Å²) >= 11 is 5.78. The van der Waals surface area contributed by atoms with Gasteiger partial charge in [0.25, 0.3) is 0 Å². The molecule has 0 saturated carbocycles. The summed E-state index contributed by atoms with van der Waals surface area (Å²) in [4.78, 5) is 0.440. The summed E-state index contributed by atoms with van der Waals surface area (Å²) in [6.07, 6.45) is 0. The van der Waals surface area contributed by atoms with E-state index in [0.717, 1.165) is 0 Å². The highest BCUT2D eigenvalue weighted by Gasteiger charge is 2.48. The van der Waals surface area contributed by atoms with Gasteiger partial charge in [-0.1, -0.05) is 25.4 Å². The fourth-order valence-corrected chi connectivity index (χ4v) is 4.14. The van der Waals surface area contributed by atoms with E-state index in [9.17, 15) is 26.3 Å². The Bertz CT molecular complexity index is 853. The van der Waals surface area contributed by atoms with Gasteiger partial charge in [0, 0.05) is 28.5 Å². The van der Waals surface area contributed by atoms with E-state index in [1.807, 2.05) is 0 Å². The third-order valence-electron chi connectivity index (χ3n) is 2.81. The van der Waals surface area contributed by atoms with Gasteiger partial charge in [0.1, 0.15) is 0 Å². The highest BCUT2D eigenvalue weighted by molar-refractivity contribution is 7.86. The Morgan fingerprint density at radius 3 is 1.92 bits per heavy atom. The van der Waals surface area contributed by atoms with Gasteiger partial charge < -0.3 is 4.55 Å². The highest BCUT2D eigenvalue weighted by atomic mass is 35.5. The molecule has 2 aromatic rings. The smallest absolute Gasteiger partial charge is 0.600 e. The highest BCUT2D eigenvalue weighted by Crippen LogP contribution is 2.53. The average molecular weight is 429 g/mol. The maximum atomic E-state index is 13.1. The predicted molar refractivity (Wildman–Crippen MR) is 82.6 cm³/mol. The van der Waals surface area contributed by atoms with E-state index < -0.39 is 31.6 Å². The lowest BCUT2D eigenvalue weighted by molar-refractivity contribution is -0.0868. The Kier molecular flexibility index (Phi) is 6.42. The number of hydrogen-bond acceptors (Lipinski definition) is 3. The Balaban J connectivity index is 0.000000333. The summed E-state index contributed by atoms with van der Waals surface area (Å²) in [6, 6.07) is 6.35. The van der Waals surface area contributed by atoms with Crippen molar-refractivity contribution in [3.05, 3.63) is 34.2 Å². The van der Waals surface area contributed by atoms with E-state index in [4.69, 9.17) is 24.6 Å². The summed E-state index contributed by atoms with van der Waals surface area (Å²) < 4.78 is 98.5. The van der Waals surface area contributed by atoms with Crippen molar-refractivity contribution in [2.45, 2.75) is 30.8 Å². The van der Waals surface area contributed by atoms with E-state index in [1.165, 1.54) is 6.07 Å². The first-order valence-corrected chi connectivity index (χ1v) is 9.41. The fourth-order valence-electron chi connectivity index (χ4n) is 1.80. The van der Waals surface area contributed by atoms with Crippen molar-refractivity contribution in [2.24, 2.45) is 0 Å². The molecule has 0 bridgehead atoms. The molecule has 1 aromatic carbocycles. The lowest BCUT2D eigenvalue weighted by Crippen LogP contribution is -2.21. The van der Waals surface area contributed by atoms with E-state index in [-0.39, 0.29) is 5.92 Å². The summed E-state index contributed by atoms with van der Waals surface area (Å²) in [6.45, 7) is 3.57. The largest absolute Gasteiger partial charge is 0.741 e. The summed E-state index contributed by atoms with van der Waals surface area (Å²) in [7, 11) is -7.91. The number of fused-ring (bicyclic) bond motifs is 1. The van der Waals surface area contributed by atoms with Crippen LogP contribution in [0.2, 0.25) is 5.02 Å². The molecule has 0 spiro atoms. The number of thiophene rings is 1. The normalized spacial score (nSPS) is 13.8. The molecule has 1 atom stereocenters. The monoisotopic (exact) mass is 428 g/mol. The molecule has 0 aliphatic heterocycles. The van der Waals surface area contributed by atoms with E-state index >= 15 is 0 Å². The summed E-state index contributed by atoms with van der Waals surface area (Å²) in [5.74, 6) is -0.119. The molecule has 1 heterocycles. The van der Waals surface area contributed by atoms with E-state index in [2.05, 4.69) is 0 Å². The molecule has 0 aliphatic carbocycles. The first-order valence-electron chi connectivity index (χ1n) is 6.40. The Morgan fingerprint density at radius 1 is 1.08 bits per heavy atom. The molecule has 0 aliphatic rings. The molecule has 25 heavy (non-hydrogen) atoms. The molecule has 0 radical (unpaired) electrons.